The Labute approximate surface area is 199 Å². The summed E-state index contributed by atoms with van der Waals surface area (Å²) < 4.78 is 45.8. The van der Waals surface area contributed by atoms with Gasteiger partial charge in [0, 0.05) is 11.8 Å². The van der Waals surface area contributed by atoms with Crippen LogP contribution in [0.3, 0.4) is 0 Å². The van der Waals surface area contributed by atoms with Gasteiger partial charge >= 0.3 is 12.3 Å². The smallest absolute Gasteiger partial charge is 0.416 e. The summed E-state index contributed by atoms with van der Waals surface area (Å²) in [5.41, 5.74) is 3.06. The minimum atomic E-state index is -4.45. The van der Waals surface area contributed by atoms with Crippen LogP contribution < -0.4 is 10.1 Å². The fourth-order valence-electron chi connectivity index (χ4n) is 3.58. The Bertz CT molecular complexity index is 1320. The lowest BCUT2D eigenvalue weighted by molar-refractivity contribution is -0.137. The van der Waals surface area contributed by atoms with Gasteiger partial charge in [0.25, 0.3) is 0 Å². The van der Waals surface area contributed by atoms with Crippen molar-refractivity contribution in [1.82, 2.24) is 10.3 Å². The Balaban J connectivity index is 1.74. The molecule has 1 aromatic heterocycles. The number of halogens is 3. The van der Waals surface area contributed by atoms with Crippen molar-refractivity contribution in [3.05, 3.63) is 108 Å². The van der Waals surface area contributed by atoms with Crippen LogP contribution in [0, 0.1) is 0 Å². The summed E-state index contributed by atoms with van der Waals surface area (Å²) in [5.74, 6) is 0.535. The highest BCUT2D eigenvalue weighted by atomic mass is 19.4. The van der Waals surface area contributed by atoms with Crippen molar-refractivity contribution < 1.29 is 27.8 Å². The van der Waals surface area contributed by atoms with Gasteiger partial charge in [-0.25, -0.2) is 4.79 Å². The van der Waals surface area contributed by atoms with E-state index in [9.17, 15) is 18.0 Å². The minimum absolute atomic E-state index is 0.0106. The van der Waals surface area contributed by atoms with Crippen molar-refractivity contribution >= 4 is 6.09 Å². The maximum absolute atomic E-state index is 13.3. The average molecular weight is 478 g/mol. The monoisotopic (exact) mass is 478 g/mol. The summed E-state index contributed by atoms with van der Waals surface area (Å²) in [7, 11) is 0. The van der Waals surface area contributed by atoms with Crippen LogP contribution in [0.2, 0.25) is 0 Å². The van der Waals surface area contributed by atoms with Gasteiger partial charge < -0.3 is 15.2 Å². The molecule has 0 fully saturated rings. The second kappa shape index (κ2) is 10.3. The van der Waals surface area contributed by atoms with Crippen LogP contribution in [-0.4, -0.2) is 16.2 Å². The van der Waals surface area contributed by atoms with Crippen LogP contribution in [0.4, 0.5) is 18.0 Å². The van der Waals surface area contributed by atoms with Crippen molar-refractivity contribution in [2.45, 2.75) is 19.3 Å². The number of amides is 1. The van der Waals surface area contributed by atoms with E-state index in [1.165, 1.54) is 6.07 Å². The molecule has 0 aliphatic heterocycles. The number of rotatable bonds is 7. The van der Waals surface area contributed by atoms with Crippen molar-refractivity contribution in [2.24, 2.45) is 0 Å². The zero-order valence-electron chi connectivity index (χ0n) is 18.4. The molecule has 0 bridgehead atoms. The fourth-order valence-corrected chi connectivity index (χ4v) is 3.58. The number of carboxylic acid groups (broad SMARTS) is 1. The van der Waals surface area contributed by atoms with Gasteiger partial charge in [-0.1, -0.05) is 48.5 Å². The van der Waals surface area contributed by atoms with Gasteiger partial charge in [0.15, 0.2) is 0 Å². The molecular formula is C27H21F3N2O3. The number of benzene rings is 3. The predicted octanol–water partition coefficient (Wildman–Crippen LogP) is 6.78. The van der Waals surface area contributed by atoms with Gasteiger partial charge in [0.2, 0.25) is 0 Å². The van der Waals surface area contributed by atoms with Gasteiger partial charge in [-0.3, -0.25) is 4.98 Å². The van der Waals surface area contributed by atoms with Crippen molar-refractivity contribution in [2.75, 3.05) is 0 Å². The van der Waals surface area contributed by atoms with E-state index in [2.05, 4.69) is 10.3 Å². The first kappa shape index (κ1) is 23.8. The number of pyridine rings is 1. The third-order valence-corrected chi connectivity index (χ3v) is 5.29. The summed E-state index contributed by atoms with van der Waals surface area (Å²) in [5, 5.41) is 11.2. The van der Waals surface area contributed by atoms with Crippen LogP contribution in [0.25, 0.3) is 22.3 Å². The highest BCUT2D eigenvalue weighted by Crippen LogP contribution is 2.37. The first-order chi connectivity index (χ1) is 16.8. The Kier molecular flexibility index (Phi) is 7.01. The largest absolute Gasteiger partial charge is 0.488 e. The maximum Gasteiger partial charge on any atom is 0.416 e. The van der Waals surface area contributed by atoms with Crippen molar-refractivity contribution in [3.63, 3.8) is 0 Å². The van der Waals surface area contributed by atoms with E-state index in [1.807, 2.05) is 30.3 Å². The van der Waals surface area contributed by atoms with Gasteiger partial charge in [0.05, 0.1) is 17.8 Å². The highest BCUT2D eigenvalue weighted by molar-refractivity contribution is 5.78. The second-order valence-electron chi connectivity index (χ2n) is 7.76. The molecule has 0 unspecified atom stereocenters. The zero-order valence-corrected chi connectivity index (χ0v) is 18.4. The Morgan fingerprint density at radius 3 is 2.40 bits per heavy atom. The molecule has 178 valence electrons. The molecule has 4 rings (SSSR count). The zero-order chi connectivity index (χ0) is 24.8. The number of nitrogens with one attached hydrogen (secondary N) is 1. The molecule has 3 aromatic carbocycles. The maximum atomic E-state index is 13.3. The highest BCUT2D eigenvalue weighted by Gasteiger charge is 2.30. The molecule has 5 nitrogen and oxygen atoms in total. The molecular weight excluding hydrogens is 457 g/mol. The first-order valence-corrected chi connectivity index (χ1v) is 10.7. The minimum Gasteiger partial charge on any atom is -0.488 e. The number of carbonyl (C=O) groups is 1. The third-order valence-electron chi connectivity index (χ3n) is 5.29. The summed E-state index contributed by atoms with van der Waals surface area (Å²) in [6.07, 6.45) is -4.07. The van der Waals surface area contributed by atoms with Crippen molar-refractivity contribution in [1.29, 1.82) is 0 Å². The SMILES string of the molecule is O=C(O)NCc1cc(-c2cc(-c3cccc(C(F)(F)F)c3)ccc2OCc2ccccc2)ccn1. The molecule has 4 aromatic rings. The molecule has 35 heavy (non-hydrogen) atoms. The Hall–Kier alpha value is -4.33. The van der Waals surface area contributed by atoms with Crippen LogP contribution in [0.1, 0.15) is 16.8 Å². The molecule has 0 saturated heterocycles. The van der Waals surface area contributed by atoms with E-state index in [-0.39, 0.29) is 6.54 Å². The first-order valence-electron chi connectivity index (χ1n) is 10.7. The lowest BCUT2D eigenvalue weighted by Gasteiger charge is -2.15. The molecule has 0 aliphatic carbocycles. The number of hydrogen-bond donors (Lipinski definition) is 2. The lowest BCUT2D eigenvalue weighted by Crippen LogP contribution is -2.20. The number of alkyl halides is 3. The van der Waals surface area contributed by atoms with Crippen molar-refractivity contribution in [3.8, 4) is 28.0 Å². The quantitative estimate of drug-likeness (QED) is 0.307. The molecule has 0 aliphatic rings. The molecule has 0 spiro atoms. The third kappa shape index (κ3) is 6.17. The van der Waals surface area contributed by atoms with E-state index in [0.717, 1.165) is 17.7 Å². The molecule has 0 saturated carbocycles. The van der Waals surface area contributed by atoms with Crippen LogP contribution in [-0.2, 0) is 19.3 Å². The molecule has 0 radical (unpaired) electrons. The molecule has 2 N–H and O–H groups in total. The summed E-state index contributed by atoms with van der Waals surface area (Å²) in [6.45, 7) is 0.311. The van der Waals surface area contributed by atoms with Gasteiger partial charge in [0.1, 0.15) is 12.4 Å². The van der Waals surface area contributed by atoms with E-state index in [4.69, 9.17) is 9.84 Å². The van der Waals surface area contributed by atoms with E-state index in [0.29, 0.717) is 40.3 Å². The van der Waals surface area contributed by atoms with E-state index < -0.39 is 17.8 Å². The normalized spacial score (nSPS) is 11.2. The molecule has 0 atom stereocenters. The van der Waals surface area contributed by atoms with Gasteiger partial charge in [-0.15, -0.1) is 0 Å². The van der Waals surface area contributed by atoms with Crippen LogP contribution in [0.5, 0.6) is 5.75 Å². The molecule has 8 heteroatoms. The summed E-state index contributed by atoms with van der Waals surface area (Å²) in [6, 6.07) is 23.4. The number of hydrogen-bond acceptors (Lipinski definition) is 3. The summed E-state index contributed by atoms with van der Waals surface area (Å²) in [4.78, 5) is 15.0. The number of ether oxygens (including phenoxy) is 1. The van der Waals surface area contributed by atoms with Gasteiger partial charge in [-0.2, -0.15) is 13.2 Å². The predicted molar refractivity (Wildman–Crippen MR) is 126 cm³/mol. The number of nitrogens with zero attached hydrogens (tertiary/aromatic N) is 1. The standard InChI is InChI=1S/C27H21F3N2O3/c28-27(29,30)22-8-4-7-19(13-22)20-9-10-25(35-17-18-5-2-1-3-6-18)24(15-20)21-11-12-31-23(14-21)16-32-26(33)34/h1-15,32H,16-17H2,(H,33,34). The molecule has 1 amide bonds. The fraction of sp³-hybridized carbons (Fsp3) is 0.111. The number of aromatic nitrogens is 1. The second-order valence-corrected chi connectivity index (χ2v) is 7.76. The Morgan fingerprint density at radius 2 is 1.66 bits per heavy atom. The summed E-state index contributed by atoms with van der Waals surface area (Å²) >= 11 is 0. The van der Waals surface area contributed by atoms with E-state index in [1.54, 1.807) is 42.6 Å². The Morgan fingerprint density at radius 1 is 0.886 bits per heavy atom. The van der Waals surface area contributed by atoms with Crippen LogP contribution in [0.15, 0.2) is 91.1 Å². The van der Waals surface area contributed by atoms with Gasteiger partial charge in [-0.05, 0) is 58.7 Å². The topological polar surface area (TPSA) is 71.5 Å². The van der Waals surface area contributed by atoms with Crippen LogP contribution >= 0.6 is 0 Å². The van der Waals surface area contributed by atoms with E-state index >= 15 is 0 Å². The lowest BCUT2D eigenvalue weighted by atomic mass is 9.97. The average Bonchev–Trinajstić information content (AvgIpc) is 2.86. The molecule has 1 heterocycles.